The van der Waals surface area contributed by atoms with E-state index in [1.807, 2.05) is 32.3 Å². The minimum absolute atomic E-state index is 0.250. The Hall–Kier alpha value is -3.68. The highest BCUT2D eigenvalue weighted by Gasteiger charge is 2.41. The molecule has 1 aliphatic rings. The highest BCUT2D eigenvalue weighted by Crippen LogP contribution is 2.45. The molecule has 3 rings (SSSR count). The average molecular weight is 448 g/mol. The molecule has 0 aliphatic carbocycles. The lowest BCUT2D eigenvalue weighted by molar-refractivity contribution is -0.0140. The van der Waals surface area contributed by atoms with Gasteiger partial charge >= 0.3 is 12.3 Å². The maximum absolute atomic E-state index is 13.4. The van der Waals surface area contributed by atoms with Gasteiger partial charge in [-0.05, 0) is 74.4 Å². The van der Waals surface area contributed by atoms with Crippen molar-refractivity contribution >= 4 is 12.3 Å². The Bertz CT molecular complexity index is 938. The van der Waals surface area contributed by atoms with Crippen LogP contribution in [0.1, 0.15) is 35.1 Å². The second-order valence-electron chi connectivity index (χ2n) is 7.08. The summed E-state index contributed by atoms with van der Waals surface area (Å²) in [6, 6.07) is 14.5. The third-order valence-electron chi connectivity index (χ3n) is 4.59. The number of ether oxygens (including phenoxy) is 1. The molecule has 2 aromatic carbocycles. The molecule has 0 spiro atoms. The van der Waals surface area contributed by atoms with Crippen molar-refractivity contribution in [1.29, 1.82) is 5.26 Å². The minimum atomic E-state index is -1.83. The zero-order valence-corrected chi connectivity index (χ0v) is 17.7. The molecule has 2 aromatic rings. The van der Waals surface area contributed by atoms with Gasteiger partial charge in [-0.3, -0.25) is 0 Å². The number of nitriles is 1. The summed E-state index contributed by atoms with van der Waals surface area (Å²) >= 11 is 0. The van der Waals surface area contributed by atoms with E-state index in [2.05, 4.69) is 11.0 Å². The van der Waals surface area contributed by atoms with Gasteiger partial charge in [0.05, 0.1) is 18.2 Å². The minimum Gasteiger partial charge on any atom is -0.450 e. The molecule has 0 bridgehead atoms. The molecule has 0 aromatic heterocycles. The smallest absolute Gasteiger partial charge is 0.450 e. The number of fused-ring (bicyclic) bond motifs is 1. The lowest BCUT2D eigenvalue weighted by Crippen LogP contribution is -2.28. The number of rotatable bonds is 5. The summed E-state index contributed by atoms with van der Waals surface area (Å²) < 4.78 is 19.6. The van der Waals surface area contributed by atoms with Crippen molar-refractivity contribution < 1.29 is 39.1 Å². The van der Waals surface area contributed by atoms with E-state index >= 15 is 0 Å². The van der Waals surface area contributed by atoms with Crippen LogP contribution in [0.4, 0.5) is 14.0 Å². The van der Waals surface area contributed by atoms with E-state index in [-0.39, 0.29) is 5.82 Å². The van der Waals surface area contributed by atoms with Crippen LogP contribution >= 0.6 is 0 Å². The first kappa shape index (κ1) is 26.4. The fourth-order valence-corrected chi connectivity index (χ4v) is 3.41. The molecule has 0 saturated heterocycles. The predicted octanol–water partition coefficient (Wildman–Crippen LogP) is 4.26. The van der Waals surface area contributed by atoms with Gasteiger partial charge in [0.15, 0.2) is 0 Å². The topological polar surface area (TPSA) is 151 Å². The fraction of sp³-hybridized carbons (Fsp3) is 0.318. The van der Waals surface area contributed by atoms with Crippen molar-refractivity contribution in [1.82, 2.24) is 4.90 Å². The summed E-state index contributed by atoms with van der Waals surface area (Å²) in [4.78, 5) is 19.3. The number of hydrogen-bond donors (Lipinski definition) is 4. The molecule has 0 unspecified atom stereocenters. The van der Waals surface area contributed by atoms with E-state index in [4.69, 9.17) is 40.0 Å². The molecule has 172 valence electrons. The van der Waals surface area contributed by atoms with Gasteiger partial charge in [-0.2, -0.15) is 5.26 Å². The van der Waals surface area contributed by atoms with E-state index in [9.17, 15) is 4.39 Å². The second kappa shape index (κ2) is 12.2. The van der Waals surface area contributed by atoms with Crippen molar-refractivity contribution in [3.05, 3.63) is 70.5 Å². The molecule has 32 heavy (non-hydrogen) atoms. The van der Waals surface area contributed by atoms with Crippen LogP contribution in [0.25, 0.3) is 0 Å². The van der Waals surface area contributed by atoms with E-state index in [0.717, 1.165) is 36.1 Å². The van der Waals surface area contributed by atoms with Gasteiger partial charge in [-0.1, -0.05) is 18.2 Å². The third-order valence-corrected chi connectivity index (χ3v) is 4.59. The standard InChI is InChI=1S/C20H21FN2O.2CH2O3/c1-23(2)11-3-10-20(17-5-7-18(21)8-6-17)19-9-4-15(13-22)12-16(19)14-24-20;2*2-1(3)4/h4-9,12H,3,10-11,14H2,1-2H3;2*(H2,2,3,4)/t20-;;/m0../s1. The largest absolute Gasteiger partial charge is 0.503 e. The quantitative estimate of drug-likeness (QED) is 0.526. The van der Waals surface area contributed by atoms with Crippen LogP contribution in [0.5, 0.6) is 0 Å². The molecule has 0 saturated carbocycles. The van der Waals surface area contributed by atoms with Crippen LogP contribution in [-0.4, -0.2) is 58.3 Å². The van der Waals surface area contributed by atoms with Gasteiger partial charge in [0.2, 0.25) is 0 Å². The number of nitrogens with zero attached hydrogens (tertiary/aromatic N) is 2. The Morgan fingerprint density at radius 2 is 1.66 bits per heavy atom. The summed E-state index contributed by atoms with van der Waals surface area (Å²) in [6.07, 6.45) is -1.89. The Morgan fingerprint density at radius 1 is 1.09 bits per heavy atom. The fourth-order valence-electron chi connectivity index (χ4n) is 3.41. The van der Waals surface area contributed by atoms with Crippen molar-refractivity contribution in [3.63, 3.8) is 0 Å². The molecule has 10 heteroatoms. The SMILES string of the molecule is CN(C)CCC[C@@]1(c2ccc(F)cc2)OCc2cc(C#N)ccc21.O=C(O)O.O=C(O)O. The Morgan fingerprint density at radius 3 is 2.16 bits per heavy atom. The van der Waals surface area contributed by atoms with Crippen LogP contribution in [0.3, 0.4) is 0 Å². The van der Waals surface area contributed by atoms with E-state index < -0.39 is 17.9 Å². The van der Waals surface area contributed by atoms with Crippen LogP contribution in [0.2, 0.25) is 0 Å². The number of benzene rings is 2. The van der Waals surface area contributed by atoms with Gasteiger partial charge in [0.25, 0.3) is 0 Å². The number of hydrogen-bond acceptors (Lipinski definition) is 5. The lowest BCUT2D eigenvalue weighted by Gasteiger charge is -2.31. The molecular formula is C22H25FN2O7. The Labute approximate surface area is 184 Å². The van der Waals surface area contributed by atoms with Crippen molar-refractivity contribution in [2.45, 2.75) is 25.0 Å². The molecule has 9 nitrogen and oxygen atoms in total. The Kier molecular flexibility index (Phi) is 10.1. The van der Waals surface area contributed by atoms with Gasteiger partial charge in [0.1, 0.15) is 11.4 Å². The molecule has 0 amide bonds. The molecular weight excluding hydrogens is 423 g/mol. The summed E-state index contributed by atoms with van der Waals surface area (Å²) in [5.41, 5.74) is 3.18. The molecule has 4 N–H and O–H groups in total. The first-order chi connectivity index (χ1) is 15.0. The van der Waals surface area contributed by atoms with Crippen molar-refractivity contribution in [2.24, 2.45) is 0 Å². The van der Waals surface area contributed by atoms with E-state index in [1.54, 1.807) is 12.1 Å². The van der Waals surface area contributed by atoms with Crippen LogP contribution in [0, 0.1) is 17.1 Å². The maximum atomic E-state index is 13.4. The van der Waals surface area contributed by atoms with Gasteiger partial charge in [-0.15, -0.1) is 0 Å². The average Bonchev–Trinajstić information content (AvgIpc) is 3.06. The van der Waals surface area contributed by atoms with Gasteiger partial charge in [-0.25, -0.2) is 14.0 Å². The molecule has 1 aliphatic heterocycles. The van der Waals surface area contributed by atoms with Crippen LogP contribution in [0.15, 0.2) is 42.5 Å². The first-order valence-corrected chi connectivity index (χ1v) is 9.44. The monoisotopic (exact) mass is 448 g/mol. The predicted molar refractivity (Wildman–Crippen MR) is 112 cm³/mol. The molecule has 1 heterocycles. The van der Waals surface area contributed by atoms with Crippen LogP contribution < -0.4 is 0 Å². The van der Waals surface area contributed by atoms with Crippen LogP contribution in [-0.2, 0) is 16.9 Å². The zero-order chi connectivity index (χ0) is 24.3. The molecule has 1 atom stereocenters. The summed E-state index contributed by atoms with van der Waals surface area (Å²) in [6.45, 7) is 1.43. The first-order valence-electron chi connectivity index (χ1n) is 9.44. The Balaban J connectivity index is 0.000000554. The normalized spacial score (nSPS) is 16.0. The molecule has 0 radical (unpaired) electrons. The van der Waals surface area contributed by atoms with Gasteiger partial charge < -0.3 is 30.1 Å². The zero-order valence-electron chi connectivity index (χ0n) is 17.7. The summed E-state index contributed by atoms with van der Waals surface area (Å²) in [7, 11) is 4.10. The number of halogens is 1. The molecule has 0 fully saturated rings. The highest BCUT2D eigenvalue weighted by atomic mass is 19.1. The van der Waals surface area contributed by atoms with Gasteiger partial charge in [0, 0.05) is 0 Å². The van der Waals surface area contributed by atoms with Crippen molar-refractivity contribution in [3.8, 4) is 6.07 Å². The van der Waals surface area contributed by atoms with E-state index in [1.165, 1.54) is 12.1 Å². The van der Waals surface area contributed by atoms with E-state index in [0.29, 0.717) is 12.2 Å². The number of carboxylic acid groups (broad SMARTS) is 4. The number of carbonyl (C=O) groups is 2. The third kappa shape index (κ3) is 7.86. The summed E-state index contributed by atoms with van der Waals surface area (Å²) in [5, 5.41) is 37.0. The lowest BCUT2D eigenvalue weighted by atomic mass is 9.81. The van der Waals surface area contributed by atoms with Crippen molar-refractivity contribution in [2.75, 3.05) is 20.6 Å². The maximum Gasteiger partial charge on any atom is 0.503 e. The summed E-state index contributed by atoms with van der Waals surface area (Å²) in [5.74, 6) is -0.250. The highest BCUT2D eigenvalue weighted by molar-refractivity contribution is 5.53. The second-order valence-corrected chi connectivity index (χ2v) is 7.08.